The molecule has 0 saturated carbocycles. The second kappa shape index (κ2) is 5.97. The quantitative estimate of drug-likeness (QED) is 0.867. The van der Waals surface area contributed by atoms with Gasteiger partial charge in [0, 0.05) is 4.88 Å². The lowest BCUT2D eigenvalue weighted by atomic mass is 9.96. The molecule has 1 nitrogen and oxygen atoms in total. The van der Waals surface area contributed by atoms with Crippen molar-refractivity contribution in [2.75, 3.05) is 7.05 Å². The van der Waals surface area contributed by atoms with E-state index in [0.717, 1.165) is 22.9 Å². The van der Waals surface area contributed by atoms with Crippen LogP contribution in [0.15, 0.2) is 35.7 Å². The Kier molecular flexibility index (Phi) is 4.50. The van der Waals surface area contributed by atoms with Gasteiger partial charge in [0.1, 0.15) is 0 Å². The average Bonchev–Trinajstić information content (AvgIpc) is 2.87. The van der Waals surface area contributed by atoms with Crippen LogP contribution in [0, 0.1) is 0 Å². The molecule has 1 unspecified atom stereocenters. The zero-order chi connectivity index (χ0) is 14.8. The maximum absolute atomic E-state index is 13.1. The Morgan fingerprint density at radius 1 is 1.20 bits per heavy atom. The first-order valence-electron chi connectivity index (χ1n) is 6.38. The smallest absolute Gasteiger partial charge is 0.309 e. The minimum atomic E-state index is -4.34. The van der Waals surface area contributed by atoms with E-state index in [0.29, 0.717) is 0 Å². The van der Waals surface area contributed by atoms with Crippen LogP contribution in [0.5, 0.6) is 0 Å². The zero-order valence-electron chi connectivity index (χ0n) is 11.3. The molecule has 1 aromatic carbocycles. The van der Waals surface area contributed by atoms with Gasteiger partial charge in [0.2, 0.25) is 0 Å². The minimum Gasteiger partial charge on any atom is -0.309 e. The Bertz CT molecular complexity index is 574. The van der Waals surface area contributed by atoms with E-state index in [-0.39, 0.29) is 5.56 Å². The number of halogens is 3. The van der Waals surface area contributed by atoms with Crippen molar-refractivity contribution in [3.8, 4) is 0 Å². The molecule has 0 fully saturated rings. The Hall–Kier alpha value is -1.33. The fourth-order valence-corrected chi connectivity index (χ4v) is 3.45. The van der Waals surface area contributed by atoms with Crippen LogP contribution < -0.4 is 5.32 Å². The summed E-state index contributed by atoms with van der Waals surface area (Å²) in [5.41, 5.74) is 0.792. The number of benzene rings is 1. The number of nitrogens with one attached hydrogen (secondary N) is 1. The van der Waals surface area contributed by atoms with Gasteiger partial charge in [0.05, 0.1) is 11.6 Å². The number of rotatable bonds is 4. The number of thiophene rings is 1. The van der Waals surface area contributed by atoms with Crippen LogP contribution >= 0.6 is 11.3 Å². The second-order valence-corrected chi connectivity index (χ2v) is 5.42. The van der Waals surface area contributed by atoms with Gasteiger partial charge < -0.3 is 5.32 Å². The van der Waals surface area contributed by atoms with E-state index in [2.05, 4.69) is 5.32 Å². The molecule has 1 heterocycles. The number of alkyl halides is 3. The third kappa shape index (κ3) is 2.88. The van der Waals surface area contributed by atoms with Crippen LogP contribution in [-0.4, -0.2) is 7.05 Å². The van der Waals surface area contributed by atoms with Gasteiger partial charge in [-0.3, -0.25) is 0 Å². The molecule has 0 amide bonds. The van der Waals surface area contributed by atoms with E-state index in [1.165, 1.54) is 17.4 Å². The molecule has 1 aromatic heterocycles. The average molecular weight is 299 g/mol. The fourth-order valence-electron chi connectivity index (χ4n) is 2.33. The Morgan fingerprint density at radius 3 is 2.50 bits per heavy atom. The van der Waals surface area contributed by atoms with E-state index in [1.54, 1.807) is 19.2 Å². The van der Waals surface area contributed by atoms with Crippen LogP contribution in [0.2, 0.25) is 0 Å². The Balaban J connectivity index is 2.53. The molecule has 5 heteroatoms. The number of hydrogen-bond acceptors (Lipinski definition) is 2. The minimum absolute atomic E-state index is 0.277. The van der Waals surface area contributed by atoms with Crippen molar-refractivity contribution >= 4 is 11.3 Å². The molecule has 0 aliphatic heterocycles. The summed E-state index contributed by atoms with van der Waals surface area (Å²) in [4.78, 5) is 0.951. The predicted octanol–water partition coefficient (Wildman–Crippen LogP) is 4.64. The molecule has 2 aromatic rings. The molecule has 0 aliphatic carbocycles. The Labute approximate surface area is 120 Å². The molecule has 20 heavy (non-hydrogen) atoms. The summed E-state index contributed by atoms with van der Waals surface area (Å²) in [5.74, 6) is 0. The highest BCUT2D eigenvalue weighted by Gasteiger charge is 2.35. The van der Waals surface area contributed by atoms with Crippen molar-refractivity contribution in [3.63, 3.8) is 0 Å². The van der Waals surface area contributed by atoms with Crippen molar-refractivity contribution < 1.29 is 13.2 Å². The van der Waals surface area contributed by atoms with Gasteiger partial charge in [-0.25, -0.2) is 0 Å². The topological polar surface area (TPSA) is 12.0 Å². The maximum atomic E-state index is 13.1. The molecule has 0 aliphatic rings. The van der Waals surface area contributed by atoms with Crippen LogP contribution in [0.25, 0.3) is 0 Å². The monoisotopic (exact) mass is 299 g/mol. The summed E-state index contributed by atoms with van der Waals surface area (Å²) >= 11 is 1.49. The van der Waals surface area contributed by atoms with Gasteiger partial charge >= 0.3 is 6.18 Å². The molecule has 0 radical (unpaired) electrons. The summed E-state index contributed by atoms with van der Waals surface area (Å²) in [6, 6.07) is 7.30. The van der Waals surface area contributed by atoms with E-state index >= 15 is 0 Å². The maximum Gasteiger partial charge on any atom is 0.416 e. The van der Waals surface area contributed by atoms with Crippen molar-refractivity contribution in [2.24, 2.45) is 0 Å². The summed E-state index contributed by atoms with van der Waals surface area (Å²) in [6.45, 7) is 2.01. The first-order chi connectivity index (χ1) is 9.49. The van der Waals surface area contributed by atoms with Crippen LogP contribution in [-0.2, 0) is 12.6 Å². The van der Waals surface area contributed by atoms with Gasteiger partial charge in [-0.05, 0) is 42.1 Å². The van der Waals surface area contributed by atoms with Gasteiger partial charge in [-0.2, -0.15) is 13.2 Å². The number of hydrogen-bond donors (Lipinski definition) is 1. The van der Waals surface area contributed by atoms with Gasteiger partial charge in [0.25, 0.3) is 0 Å². The molecule has 108 valence electrons. The number of aryl methyl sites for hydroxylation is 1. The van der Waals surface area contributed by atoms with Gasteiger partial charge in [-0.1, -0.05) is 25.1 Å². The molecule has 0 saturated heterocycles. The van der Waals surface area contributed by atoms with Crippen LogP contribution in [0.3, 0.4) is 0 Å². The summed E-state index contributed by atoms with van der Waals surface area (Å²) in [6.07, 6.45) is -3.53. The highest BCUT2D eigenvalue weighted by Crippen LogP contribution is 2.38. The van der Waals surface area contributed by atoms with E-state index in [4.69, 9.17) is 0 Å². The van der Waals surface area contributed by atoms with Crippen molar-refractivity contribution in [1.29, 1.82) is 0 Å². The largest absolute Gasteiger partial charge is 0.416 e. The van der Waals surface area contributed by atoms with Crippen molar-refractivity contribution in [2.45, 2.75) is 25.6 Å². The lowest BCUT2D eigenvalue weighted by molar-refractivity contribution is -0.138. The molecule has 1 atom stereocenters. The van der Waals surface area contributed by atoms with Crippen LogP contribution in [0.4, 0.5) is 13.2 Å². The van der Waals surface area contributed by atoms with Crippen molar-refractivity contribution in [1.82, 2.24) is 5.32 Å². The second-order valence-electron chi connectivity index (χ2n) is 4.47. The van der Waals surface area contributed by atoms with E-state index in [9.17, 15) is 13.2 Å². The third-order valence-corrected chi connectivity index (χ3v) is 4.31. The standard InChI is InChI=1S/C15H16F3NS/c1-3-10-8-9-20-14(10)13(19-2)11-6-4-5-7-12(11)15(16,17)18/h4-9,13,19H,3H2,1-2H3. The predicted molar refractivity (Wildman–Crippen MR) is 76.0 cm³/mol. The third-order valence-electron chi connectivity index (χ3n) is 3.29. The summed E-state index contributed by atoms with van der Waals surface area (Å²) in [7, 11) is 1.69. The normalized spacial score (nSPS) is 13.4. The zero-order valence-corrected chi connectivity index (χ0v) is 12.1. The first kappa shape index (κ1) is 15.1. The summed E-state index contributed by atoms with van der Waals surface area (Å²) < 4.78 is 39.4. The Morgan fingerprint density at radius 2 is 1.90 bits per heavy atom. The van der Waals surface area contributed by atoms with Gasteiger partial charge in [-0.15, -0.1) is 11.3 Å². The molecule has 2 rings (SSSR count). The molecule has 0 spiro atoms. The lowest BCUT2D eigenvalue weighted by Crippen LogP contribution is -2.22. The molecular weight excluding hydrogens is 283 g/mol. The SMILES string of the molecule is CCc1ccsc1C(NC)c1ccccc1C(F)(F)F. The highest BCUT2D eigenvalue weighted by molar-refractivity contribution is 7.10. The fraction of sp³-hybridized carbons (Fsp3) is 0.333. The van der Waals surface area contributed by atoms with E-state index < -0.39 is 17.8 Å². The molecule has 1 N–H and O–H groups in total. The summed E-state index contributed by atoms with van der Waals surface area (Å²) in [5, 5.41) is 4.94. The molecular formula is C15H16F3NS. The van der Waals surface area contributed by atoms with Gasteiger partial charge in [0.15, 0.2) is 0 Å². The van der Waals surface area contributed by atoms with Crippen molar-refractivity contribution in [3.05, 3.63) is 57.3 Å². The molecule has 0 bridgehead atoms. The first-order valence-corrected chi connectivity index (χ1v) is 7.26. The lowest BCUT2D eigenvalue weighted by Gasteiger charge is -2.21. The van der Waals surface area contributed by atoms with E-state index in [1.807, 2.05) is 18.4 Å². The van der Waals surface area contributed by atoms with Crippen LogP contribution in [0.1, 0.15) is 34.5 Å². The highest BCUT2D eigenvalue weighted by atomic mass is 32.1.